The van der Waals surface area contributed by atoms with Gasteiger partial charge < -0.3 is 14.8 Å². The number of carbonyl (C=O) groups excluding carboxylic acids is 2. The van der Waals surface area contributed by atoms with Crippen molar-refractivity contribution in [3.05, 3.63) is 80.7 Å². The summed E-state index contributed by atoms with van der Waals surface area (Å²) in [5, 5.41) is 4.57. The summed E-state index contributed by atoms with van der Waals surface area (Å²) in [5.74, 6) is 0.0195. The molecule has 2 bridgehead atoms. The van der Waals surface area contributed by atoms with Gasteiger partial charge in [-0.05, 0) is 48.1 Å². The van der Waals surface area contributed by atoms with Crippen LogP contribution in [0.5, 0.6) is 0 Å². The number of piperidine rings is 1. The molecule has 1 fully saturated rings. The molecule has 8 heteroatoms. The van der Waals surface area contributed by atoms with Crippen molar-refractivity contribution in [2.45, 2.75) is 18.9 Å². The number of aromatic nitrogens is 2. The first-order valence-corrected chi connectivity index (χ1v) is 10.8. The highest BCUT2D eigenvalue weighted by Crippen LogP contribution is 2.36. The van der Waals surface area contributed by atoms with Crippen molar-refractivity contribution < 1.29 is 9.59 Å². The quantitative estimate of drug-likeness (QED) is 0.706. The second kappa shape index (κ2) is 7.53. The smallest absolute Gasteiger partial charge is 0.274 e. The van der Waals surface area contributed by atoms with Crippen LogP contribution in [0.15, 0.2) is 59.0 Å². The van der Waals surface area contributed by atoms with Crippen LogP contribution in [0.3, 0.4) is 0 Å². The second-order valence-corrected chi connectivity index (χ2v) is 8.72. The molecule has 2 atom stereocenters. The molecule has 30 heavy (non-hydrogen) atoms. The highest BCUT2D eigenvalue weighted by Gasteiger charge is 2.37. The van der Waals surface area contributed by atoms with Gasteiger partial charge in [-0.3, -0.25) is 19.4 Å². The Labute approximate surface area is 177 Å². The normalized spacial score (nSPS) is 19.8. The molecule has 3 aromatic heterocycles. The summed E-state index contributed by atoms with van der Waals surface area (Å²) in [6.45, 7) is 1.73. The van der Waals surface area contributed by atoms with E-state index in [4.69, 9.17) is 0 Å². The molecular weight excluding hydrogens is 400 g/mol. The molecule has 0 saturated carbocycles. The van der Waals surface area contributed by atoms with Gasteiger partial charge in [0.2, 0.25) is 0 Å². The van der Waals surface area contributed by atoms with E-state index < -0.39 is 0 Å². The van der Waals surface area contributed by atoms with Gasteiger partial charge in [0, 0.05) is 43.6 Å². The van der Waals surface area contributed by atoms with E-state index >= 15 is 0 Å². The number of pyridine rings is 2. The van der Waals surface area contributed by atoms with Crippen molar-refractivity contribution in [3.63, 3.8) is 0 Å². The number of amides is 2. The van der Waals surface area contributed by atoms with Crippen molar-refractivity contribution in [3.8, 4) is 0 Å². The van der Waals surface area contributed by atoms with Gasteiger partial charge in [-0.15, -0.1) is 11.3 Å². The Bertz CT molecular complexity index is 1160. The number of fused-ring (bicyclic) bond motifs is 4. The molecule has 2 unspecified atom stereocenters. The molecule has 2 aliphatic heterocycles. The zero-order valence-electron chi connectivity index (χ0n) is 16.2. The van der Waals surface area contributed by atoms with Crippen molar-refractivity contribution in [1.29, 1.82) is 0 Å². The fourth-order valence-electron chi connectivity index (χ4n) is 4.47. The first kappa shape index (κ1) is 18.7. The van der Waals surface area contributed by atoms with Gasteiger partial charge in [0.15, 0.2) is 0 Å². The van der Waals surface area contributed by atoms with Crippen molar-refractivity contribution in [2.24, 2.45) is 5.92 Å². The van der Waals surface area contributed by atoms with Gasteiger partial charge in [0.25, 0.3) is 17.4 Å². The predicted octanol–water partition coefficient (Wildman–Crippen LogP) is 2.82. The lowest BCUT2D eigenvalue weighted by atomic mass is 9.83. The molecule has 5 rings (SSSR count). The molecule has 1 N–H and O–H groups in total. The number of hydrogen-bond acceptors (Lipinski definition) is 5. The minimum atomic E-state index is -0.271. The maximum absolute atomic E-state index is 13.0. The SMILES string of the molecule is O=C(Nc1ccc2n(c1=O)CC1CC2CN(C(=O)c2cccnc2)C1)c1cccs1. The number of rotatable bonds is 3. The minimum Gasteiger partial charge on any atom is -0.338 e. The molecule has 0 aliphatic carbocycles. The van der Waals surface area contributed by atoms with Crippen LogP contribution in [0.25, 0.3) is 0 Å². The van der Waals surface area contributed by atoms with E-state index in [9.17, 15) is 14.4 Å². The van der Waals surface area contributed by atoms with Gasteiger partial charge in [-0.1, -0.05) is 6.07 Å². The Kier molecular flexibility index (Phi) is 4.71. The van der Waals surface area contributed by atoms with Gasteiger partial charge in [-0.2, -0.15) is 0 Å². The fourth-order valence-corrected chi connectivity index (χ4v) is 5.09. The monoisotopic (exact) mass is 420 g/mol. The number of nitrogens with zero attached hydrogens (tertiary/aromatic N) is 3. The van der Waals surface area contributed by atoms with Crippen LogP contribution in [0.4, 0.5) is 5.69 Å². The summed E-state index contributed by atoms with van der Waals surface area (Å²) in [6, 6.07) is 10.7. The number of anilines is 1. The highest BCUT2D eigenvalue weighted by molar-refractivity contribution is 7.12. The van der Waals surface area contributed by atoms with E-state index in [1.165, 1.54) is 11.3 Å². The van der Waals surface area contributed by atoms with E-state index in [1.807, 2.05) is 16.3 Å². The Hall–Kier alpha value is -3.26. The zero-order valence-corrected chi connectivity index (χ0v) is 17.0. The first-order chi connectivity index (χ1) is 14.6. The van der Waals surface area contributed by atoms with Gasteiger partial charge in [0.1, 0.15) is 5.69 Å². The summed E-state index contributed by atoms with van der Waals surface area (Å²) >= 11 is 1.34. The Morgan fingerprint density at radius 2 is 2.00 bits per heavy atom. The number of carbonyl (C=O) groups is 2. The number of nitrogens with one attached hydrogen (secondary N) is 1. The zero-order chi connectivity index (χ0) is 20.7. The lowest BCUT2D eigenvalue weighted by Crippen LogP contribution is -2.49. The summed E-state index contributed by atoms with van der Waals surface area (Å²) in [4.78, 5) is 44.7. The molecule has 5 heterocycles. The van der Waals surface area contributed by atoms with Gasteiger partial charge >= 0.3 is 0 Å². The summed E-state index contributed by atoms with van der Waals surface area (Å²) in [5.41, 5.74) is 1.62. The summed E-state index contributed by atoms with van der Waals surface area (Å²) < 4.78 is 1.77. The minimum absolute atomic E-state index is 0.0200. The molecule has 0 spiro atoms. The maximum atomic E-state index is 13.0. The van der Waals surface area contributed by atoms with E-state index in [2.05, 4.69) is 10.3 Å². The molecule has 7 nitrogen and oxygen atoms in total. The Balaban J connectivity index is 1.39. The topological polar surface area (TPSA) is 84.3 Å². The lowest BCUT2D eigenvalue weighted by Gasteiger charge is -2.42. The third-order valence-corrected chi connectivity index (χ3v) is 6.66. The molecule has 3 aromatic rings. The molecule has 2 aliphatic rings. The van der Waals surface area contributed by atoms with Crippen LogP contribution in [0, 0.1) is 5.92 Å². The van der Waals surface area contributed by atoms with Crippen LogP contribution in [0.2, 0.25) is 0 Å². The lowest BCUT2D eigenvalue weighted by molar-refractivity contribution is 0.0594. The average molecular weight is 420 g/mol. The molecule has 0 aromatic carbocycles. The van der Waals surface area contributed by atoms with Crippen LogP contribution in [-0.4, -0.2) is 39.4 Å². The van der Waals surface area contributed by atoms with E-state index in [0.29, 0.717) is 35.8 Å². The van der Waals surface area contributed by atoms with Gasteiger partial charge in [-0.25, -0.2) is 0 Å². The maximum Gasteiger partial charge on any atom is 0.274 e. The number of likely N-dealkylation sites (tertiary alicyclic amines) is 1. The largest absolute Gasteiger partial charge is 0.338 e. The van der Waals surface area contributed by atoms with Crippen LogP contribution in [-0.2, 0) is 6.54 Å². The first-order valence-electron chi connectivity index (χ1n) is 9.88. The number of thiophene rings is 1. The van der Waals surface area contributed by atoms with E-state index in [1.54, 1.807) is 47.3 Å². The van der Waals surface area contributed by atoms with E-state index in [0.717, 1.165) is 12.1 Å². The average Bonchev–Trinajstić information content (AvgIpc) is 3.31. The third kappa shape index (κ3) is 3.33. The predicted molar refractivity (Wildman–Crippen MR) is 114 cm³/mol. The third-order valence-electron chi connectivity index (χ3n) is 5.79. The Morgan fingerprint density at radius 3 is 2.77 bits per heavy atom. The van der Waals surface area contributed by atoms with Crippen LogP contribution >= 0.6 is 11.3 Å². The van der Waals surface area contributed by atoms with E-state index in [-0.39, 0.29) is 29.2 Å². The highest BCUT2D eigenvalue weighted by atomic mass is 32.1. The summed E-state index contributed by atoms with van der Waals surface area (Å²) in [6.07, 6.45) is 4.20. The molecule has 2 amide bonds. The summed E-state index contributed by atoms with van der Waals surface area (Å²) in [7, 11) is 0. The van der Waals surface area contributed by atoms with Crippen molar-refractivity contribution in [1.82, 2.24) is 14.5 Å². The molecular formula is C22H20N4O3S. The van der Waals surface area contributed by atoms with Crippen molar-refractivity contribution in [2.75, 3.05) is 18.4 Å². The standard InChI is InChI=1S/C22H20N4O3S/c27-20(19-4-2-8-30-19)24-17-5-6-18-16-9-14(12-26(18)22(17)29)11-25(13-16)21(28)15-3-1-7-23-10-15/h1-8,10,14,16H,9,11-13H2,(H,24,27). The molecule has 1 saturated heterocycles. The Morgan fingerprint density at radius 1 is 1.10 bits per heavy atom. The van der Waals surface area contributed by atoms with Crippen molar-refractivity contribution >= 4 is 28.8 Å². The van der Waals surface area contributed by atoms with Gasteiger partial charge in [0.05, 0.1) is 10.4 Å². The molecule has 0 radical (unpaired) electrons. The molecule has 152 valence electrons. The number of hydrogen-bond donors (Lipinski definition) is 1. The second-order valence-electron chi connectivity index (χ2n) is 7.77. The van der Waals surface area contributed by atoms with Crippen LogP contribution in [0.1, 0.15) is 38.1 Å². The van der Waals surface area contributed by atoms with Crippen LogP contribution < -0.4 is 10.9 Å². The fraction of sp³-hybridized carbons (Fsp3) is 0.273.